The topological polar surface area (TPSA) is 96.9 Å². The van der Waals surface area contributed by atoms with Gasteiger partial charge in [0.1, 0.15) is 11.9 Å². The molecular formula is C29H41N5O2. The summed E-state index contributed by atoms with van der Waals surface area (Å²) in [4.78, 5) is 15.7. The van der Waals surface area contributed by atoms with E-state index in [2.05, 4.69) is 39.1 Å². The lowest BCUT2D eigenvalue weighted by molar-refractivity contribution is 0.147. The second kappa shape index (κ2) is 10.9. The van der Waals surface area contributed by atoms with E-state index in [1.807, 2.05) is 13.8 Å². The summed E-state index contributed by atoms with van der Waals surface area (Å²) >= 11 is 0. The summed E-state index contributed by atoms with van der Waals surface area (Å²) in [5.74, 6) is 3.02. The molecule has 0 bridgehead atoms. The standard InChI is InChI=1S/C29H41N5O2/c1-29(2)26(33-25-27(30)31-19-32-28(25)36-29)24-9-7-23(8-10-24)22-5-3-20(4-6-22)11-15-34-16-12-21(13-17-34)14-18-35/h7-10,19-22,35H,3-6,11-18H2,1-2H3,(H2,30,31,32). The van der Waals surface area contributed by atoms with E-state index in [1.54, 1.807) is 0 Å². The number of anilines is 1. The Balaban J connectivity index is 1.15. The van der Waals surface area contributed by atoms with Crippen LogP contribution in [-0.2, 0) is 0 Å². The number of nitrogens with zero attached hydrogens (tertiary/aromatic N) is 4. The van der Waals surface area contributed by atoms with Crippen molar-refractivity contribution in [2.75, 3.05) is 32.0 Å². The summed E-state index contributed by atoms with van der Waals surface area (Å²) in [5.41, 5.74) is 9.29. The minimum absolute atomic E-state index is 0.340. The van der Waals surface area contributed by atoms with Crippen LogP contribution in [-0.4, -0.2) is 57.5 Å². The zero-order chi connectivity index (χ0) is 25.1. The number of likely N-dealkylation sites (tertiary alicyclic amines) is 1. The zero-order valence-electron chi connectivity index (χ0n) is 21.8. The Hall–Kier alpha value is -2.51. The fourth-order valence-electron chi connectivity index (χ4n) is 6.25. The first-order valence-electron chi connectivity index (χ1n) is 13.7. The molecule has 2 fully saturated rings. The number of fused-ring (bicyclic) bond motifs is 1. The Morgan fingerprint density at radius 1 is 0.972 bits per heavy atom. The van der Waals surface area contributed by atoms with Gasteiger partial charge in [-0.15, -0.1) is 0 Å². The van der Waals surface area contributed by atoms with E-state index >= 15 is 0 Å². The summed E-state index contributed by atoms with van der Waals surface area (Å²) in [7, 11) is 0. The van der Waals surface area contributed by atoms with Crippen molar-refractivity contribution in [3.05, 3.63) is 41.7 Å². The average molecular weight is 492 g/mol. The quantitative estimate of drug-likeness (QED) is 0.559. The van der Waals surface area contributed by atoms with E-state index in [0.717, 1.165) is 29.5 Å². The number of benzene rings is 1. The lowest BCUT2D eigenvalue weighted by Crippen LogP contribution is -2.41. The lowest BCUT2D eigenvalue weighted by atomic mass is 9.77. The van der Waals surface area contributed by atoms with Crippen molar-refractivity contribution in [3.63, 3.8) is 0 Å². The number of hydrogen-bond acceptors (Lipinski definition) is 7. The predicted molar refractivity (Wildman–Crippen MR) is 144 cm³/mol. The van der Waals surface area contributed by atoms with Crippen LogP contribution in [0.15, 0.2) is 35.6 Å². The van der Waals surface area contributed by atoms with Gasteiger partial charge in [-0.3, -0.25) is 0 Å². The molecule has 0 amide bonds. The predicted octanol–water partition coefficient (Wildman–Crippen LogP) is 5.11. The number of aliphatic hydroxyl groups is 1. The summed E-state index contributed by atoms with van der Waals surface area (Å²) in [6.07, 6.45) is 11.5. The molecule has 1 aromatic carbocycles. The molecule has 2 aromatic rings. The van der Waals surface area contributed by atoms with E-state index in [1.165, 1.54) is 76.5 Å². The van der Waals surface area contributed by atoms with E-state index in [-0.39, 0.29) is 0 Å². The number of hydrogen-bond donors (Lipinski definition) is 2. The number of aromatic nitrogens is 2. The molecule has 3 heterocycles. The molecule has 7 nitrogen and oxygen atoms in total. The number of rotatable bonds is 7. The van der Waals surface area contributed by atoms with Gasteiger partial charge in [-0.05, 0) is 108 Å². The summed E-state index contributed by atoms with van der Waals surface area (Å²) in [6.45, 7) is 8.04. The number of nitrogens with two attached hydrogens (primary N) is 1. The molecule has 0 unspecified atom stereocenters. The molecule has 1 saturated heterocycles. The molecule has 1 aliphatic carbocycles. The third-order valence-electron chi connectivity index (χ3n) is 8.56. The van der Waals surface area contributed by atoms with Gasteiger partial charge in [-0.1, -0.05) is 24.3 Å². The van der Waals surface area contributed by atoms with Crippen LogP contribution in [0.4, 0.5) is 11.5 Å². The van der Waals surface area contributed by atoms with E-state index in [0.29, 0.717) is 29.9 Å². The number of piperidine rings is 1. The highest BCUT2D eigenvalue weighted by Crippen LogP contribution is 2.40. The first kappa shape index (κ1) is 25.2. The third kappa shape index (κ3) is 5.57. The summed E-state index contributed by atoms with van der Waals surface area (Å²) in [5, 5.41) is 9.16. The van der Waals surface area contributed by atoms with Crippen LogP contribution in [0.5, 0.6) is 5.88 Å². The minimum atomic E-state index is -0.596. The van der Waals surface area contributed by atoms with Crippen LogP contribution < -0.4 is 10.5 Å². The van der Waals surface area contributed by atoms with Crippen molar-refractivity contribution < 1.29 is 9.84 Å². The van der Waals surface area contributed by atoms with Crippen LogP contribution in [0.3, 0.4) is 0 Å². The molecule has 1 aromatic heterocycles. The maximum absolute atomic E-state index is 9.16. The van der Waals surface area contributed by atoms with Gasteiger partial charge in [0.25, 0.3) is 0 Å². The van der Waals surface area contributed by atoms with Crippen molar-refractivity contribution in [3.8, 4) is 5.88 Å². The van der Waals surface area contributed by atoms with Gasteiger partial charge in [0.2, 0.25) is 5.88 Å². The molecule has 3 aliphatic rings. The highest BCUT2D eigenvalue weighted by Gasteiger charge is 2.35. The Morgan fingerprint density at radius 3 is 2.36 bits per heavy atom. The van der Waals surface area contributed by atoms with Crippen molar-refractivity contribution in [2.24, 2.45) is 16.8 Å². The second-order valence-electron chi connectivity index (χ2n) is 11.4. The van der Waals surface area contributed by atoms with Crippen molar-refractivity contribution in [2.45, 2.75) is 76.7 Å². The summed E-state index contributed by atoms with van der Waals surface area (Å²) < 4.78 is 6.13. The Labute approximate surface area is 215 Å². The smallest absolute Gasteiger partial charge is 0.246 e. The molecule has 5 rings (SSSR count). The van der Waals surface area contributed by atoms with Gasteiger partial charge in [-0.25, -0.2) is 9.98 Å². The normalized spacial score (nSPS) is 24.6. The fraction of sp³-hybridized carbons (Fsp3) is 0.621. The molecule has 0 atom stereocenters. The van der Waals surface area contributed by atoms with Crippen LogP contribution >= 0.6 is 0 Å². The second-order valence-corrected chi connectivity index (χ2v) is 11.4. The van der Waals surface area contributed by atoms with Gasteiger partial charge in [-0.2, -0.15) is 4.98 Å². The Morgan fingerprint density at radius 2 is 1.67 bits per heavy atom. The highest BCUT2D eigenvalue weighted by molar-refractivity contribution is 6.09. The van der Waals surface area contributed by atoms with Crippen LogP contribution in [0.25, 0.3) is 0 Å². The lowest BCUT2D eigenvalue weighted by Gasteiger charge is -2.34. The van der Waals surface area contributed by atoms with E-state index in [4.69, 9.17) is 20.6 Å². The van der Waals surface area contributed by atoms with Gasteiger partial charge in [0, 0.05) is 12.2 Å². The first-order valence-corrected chi connectivity index (χ1v) is 13.7. The summed E-state index contributed by atoms with van der Waals surface area (Å²) in [6, 6.07) is 8.90. The molecule has 194 valence electrons. The van der Waals surface area contributed by atoms with Crippen molar-refractivity contribution >= 4 is 17.2 Å². The van der Waals surface area contributed by atoms with Gasteiger partial charge in [0.15, 0.2) is 11.5 Å². The van der Waals surface area contributed by atoms with Gasteiger partial charge >= 0.3 is 0 Å². The van der Waals surface area contributed by atoms with E-state index < -0.39 is 5.60 Å². The molecule has 7 heteroatoms. The van der Waals surface area contributed by atoms with Crippen molar-refractivity contribution in [1.29, 1.82) is 0 Å². The highest BCUT2D eigenvalue weighted by atomic mass is 16.5. The first-order chi connectivity index (χ1) is 17.4. The zero-order valence-corrected chi connectivity index (χ0v) is 21.8. The number of aliphatic imine (C=N–C) groups is 1. The van der Waals surface area contributed by atoms with Gasteiger partial charge in [0.05, 0.1) is 5.71 Å². The number of nitrogen functional groups attached to an aromatic ring is 1. The van der Waals surface area contributed by atoms with Crippen LogP contribution in [0.2, 0.25) is 0 Å². The number of ether oxygens (including phenoxy) is 1. The molecule has 2 aliphatic heterocycles. The maximum atomic E-state index is 9.16. The molecule has 36 heavy (non-hydrogen) atoms. The largest absolute Gasteiger partial charge is 0.463 e. The monoisotopic (exact) mass is 491 g/mol. The maximum Gasteiger partial charge on any atom is 0.246 e. The Kier molecular flexibility index (Phi) is 7.58. The van der Waals surface area contributed by atoms with Crippen LogP contribution in [0.1, 0.15) is 82.3 Å². The number of aliphatic hydroxyl groups excluding tert-OH is 1. The molecule has 3 N–H and O–H groups in total. The minimum Gasteiger partial charge on any atom is -0.463 e. The molecule has 1 saturated carbocycles. The molecule has 0 spiro atoms. The SMILES string of the molecule is CC1(C)Oc2ncnc(N)c2N=C1c1ccc(C2CCC(CCN3CCC(CCO)CC3)CC2)cc1. The van der Waals surface area contributed by atoms with Gasteiger partial charge < -0.3 is 20.5 Å². The third-order valence-corrected chi connectivity index (χ3v) is 8.56. The fourth-order valence-corrected chi connectivity index (χ4v) is 6.25. The van der Waals surface area contributed by atoms with E-state index in [9.17, 15) is 0 Å². The average Bonchev–Trinajstić information content (AvgIpc) is 2.88. The van der Waals surface area contributed by atoms with Crippen LogP contribution in [0, 0.1) is 11.8 Å². The van der Waals surface area contributed by atoms with Crippen molar-refractivity contribution in [1.82, 2.24) is 14.9 Å². The Bertz CT molecular complexity index is 1050. The molecule has 0 radical (unpaired) electrons. The molecular weight excluding hydrogens is 450 g/mol.